The molecule has 0 aromatic carbocycles. The lowest BCUT2D eigenvalue weighted by Crippen LogP contribution is -2.58. The summed E-state index contributed by atoms with van der Waals surface area (Å²) in [5.74, 6) is 1.03. The summed E-state index contributed by atoms with van der Waals surface area (Å²) in [7, 11) is 0. The second kappa shape index (κ2) is 4.49. The van der Waals surface area contributed by atoms with E-state index >= 15 is 0 Å². The zero-order valence-electron chi connectivity index (χ0n) is 15.0. The van der Waals surface area contributed by atoms with E-state index in [1.165, 1.54) is 5.57 Å². The number of epoxide rings is 1. The minimum absolute atomic E-state index is 0.0648. The Balaban J connectivity index is 1.41. The van der Waals surface area contributed by atoms with Gasteiger partial charge in [-0.1, -0.05) is 13.8 Å². The van der Waals surface area contributed by atoms with Crippen LogP contribution < -0.4 is 0 Å². The smallest absolute Gasteiger partial charge is 0.330 e. The number of esters is 1. The maximum absolute atomic E-state index is 11.8. The quantitative estimate of drug-likeness (QED) is 0.498. The third-order valence-corrected chi connectivity index (χ3v) is 8.61. The second-order valence-electron chi connectivity index (χ2n) is 9.38. The molecule has 0 bridgehead atoms. The van der Waals surface area contributed by atoms with Gasteiger partial charge in [0, 0.05) is 23.3 Å². The van der Waals surface area contributed by atoms with E-state index in [0.29, 0.717) is 24.4 Å². The van der Waals surface area contributed by atoms with Gasteiger partial charge in [-0.2, -0.15) is 0 Å². The molecule has 0 N–H and O–H groups in total. The van der Waals surface area contributed by atoms with Gasteiger partial charge in [0.1, 0.15) is 12.7 Å². The van der Waals surface area contributed by atoms with E-state index in [1.807, 2.05) is 0 Å². The van der Waals surface area contributed by atoms with Crippen LogP contribution in [0.2, 0.25) is 0 Å². The highest BCUT2D eigenvalue weighted by atomic mass is 16.7. The van der Waals surface area contributed by atoms with Crippen LogP contribution in [0.1, 0.15) is 39.5 Å². The molecule has 2 saturated heterocycles. The fourth-order valence-corrected chi connectivity index (χ4v) is 7.32. The summed E-state index contributed by atoms with van der Waals surface area (Å²) >= 11 is 0. The summed E-state index contributed by atoms with van der Waals surface area (Å²) in [5, 5.41) is 0. The number of ether oxygens (including phenoxy) is 4. The number of hydrogen-bond acceptors (Lipinski definition) is 5. The Morgan fingerprint density at radius 2 is 1.84 bits per heavy atom. The Bertz CT molecular complexity index is 680. The summed E-state index contributed by atoms with van der Waals surface area (Å²) in [4.78, 5) is 11.8. The standard InChI is InChI=1S/C20H26O5/c1-18-10-22-14(21)9-13(18)16-17(25-16)15-11(18)3-5-19(2)12(15)4-6-20(19)23-7-8-24-20/h9,11-12,15-17H,3-8,10H2,1-2H3/t11-,12-,15+,16+,17-,18+,19-/m0/s1. The van der Waals surface area contributed by atoms with Crippen molar-refractivity contribution in [3.05, 3.63) is 11.6 Å². The molecule has 6 rings (SSSR count). The van der Waals surface area contributed by atoms with E-state index < -0.39 is 0 Å². The van der Waals surface area contributed by atoms with E-state index in [0.717, 1.165) is 38.9 Å². The summed E-state index contributed by atoms with van der Waals surface area (Å²) in [6, 6.07) is 0. The van der Waals surface area contributed by atoms with Crippen LogP contribution in [0, 0.1) is 28.6 Å². The van der Waals surface area contributed by atoms with Crippen LogP contribution >= 0.6 is 0 Å². The summed E-state index contributed by atoms with van der Waals surface area (Å²) in [6.45, 7) is 6.63. The fourth-order valence-electron chi connectivity index (χ4n) is 7.32. The first kappa shape index (κ1) is 15.2. The average molecular weight is 346 g/mol. The molecule has 0 amide bonds. The minimum Gasteiger partial charge on any atom is -0.462 e. The Labute approximate surface area is 148 Å². The third kappa shape index (κ3) is 1.64. The van der Waals surface area contributed by atoms with Gasteiger partial charge in [0.2, 0.25) is 0 Å². The van der Waals surface area contributed by atoms with Crippen LogP contribution in [0.5, 0.6) is 0 Å². The van der Waals surface area contributed by atoms with E-state index in [9.17, 15) is 4.79 Å². The molecule has 136 valence electrons. The van der Waals surface area contributed by atoms with Gasteiger partial charge >= 0.3 is 5.97 Å². The monoisotopic (exact) mass is 346 g/mol. The van der Waals surface area contributed by atoms with E-state index in [-0.39, 0.29) is 34.8 Å². The maximum atomic E-state index is 11.8. The molecule has 3 aliphatic heterocycles. The normalized spacial score (nSPS) is 54.9. The molecular weight excluding hydrogens is 320 g/mol. The molecule has 0 aromatic rings. The van der Waals surface area contributed by atoms with Gasteiger partial charge in [0.25, 0.3) is 0 Å². The highest BCUT2D eigenvalue weighted by Crippen LogP contribution is 2.71. The van der Waals surface area contributed by atoms with E-state index in [2.05, 4.69) is 13.8 Å². The predicted molar refractivity (Wildman–Crippen MR) is 87.5 cm³/mol. The van der Waals surface area contributed by atoms with Crippen molar-refractivity contribution in [1.82, 2.24) is 0 Å². The SMILES string of the molecule is C[C@]12COC(=O)C=C1[C@H]1O[C@H]1[C@@H]1[C@@H]2CC[C@@]2(C)[C@H]1CCC21OCCO1. The first-order chi connectivity index (χ1) is 12.0. The highest BCUT2D eigenvalue weighted by molar-refractivity contribution is 5.84. The van der Waals surface area contributed by atoms with Crippen LogP contribution in [0.25, 0.3) is 0 Å². The van der Waals surface area contributed by atoms with Crippen LogP contribution in [-0.2, 0) is 23.7 Å². The molecule has 3 aliphatic carbocycles. The summed E-state index contributed by atoms with van der Waals surface area (Å²) < 4.78 is 24.1. The van der Waals surface area contributed by atoms with Crippen LogP contribution in [0.15, 0.2) is 11.6 Å². The van der Waals surface area contributed by atoms with E-state index in [4.69, 9.17) is 18.9 Å². The third-order valence-electron chi connectivity index (χ3n) is 8.61. The molecule has 0 radical (unpaired) electrons. The molecular formula is C20H26O5. The molecule has 3 heterocycles. The van der Waals surface area contributed by atoms with Gasteiger partial charge in [-0.15, -0.1) is 0 Å². The number of carbonyl (C=O) groups is 1. The molecule has 6 aliphatic rings. The topological polar surface area (TPSA) is 57.3 Å². The zero-order chi connectivity index (χ0) is 17.0. The lowest BCUT2D eigenvalue weighted by Gasteiger charge is -2.57. The summed E-state index contributed by atoms with van der Waals surface area (Å²) in [5.41, 5.74) is 1.20. The van der Waals surface area contributed by atoms with Crippen LogP contribution in [0.3, 0.4) is 0 Å². The second-order valence-corrected chi connectivity index (χ2v) is 9.38. The van der Waals surface area contributed by atoms with Gasteiger partial charge in [0.15, 0.2) is 5.79 Å². The van der Waals surface area contributed by atoms with Crippen molar-refractivity contribution in [3.63, 3.8) is 0 Å². The van der Waals surface area contributed by atoms with Crippen molar-refractivity contribution in [2.45, 2.75) is 57.5 Å². The van der Waals surface area contributed by atoms with E-state index in [1.54, 1.807) is 6.08 Å². The Morgan fingerprint density at radius 3 is 2.64 bits per heavy atom. The van der Waals surface area contributed by atoms with Crippen LogP contribution in [-0.4, -0.2) is 43.8 Å². The molecule has 5 heteroatoms. The van der Waals surface area contributed by atoms with Crippen molar-refractivity contribution in [3.8, 4) is 0 Å². The molecule has 0 unspecified atom stereocenters. The molecule has 1 spiro atoms. The van der Waals surface area contributed by atoms with Crippen molar-refractivity contribution in [2.75, 3.05) is 19.8 Å². The molecule has 3 saturated carbocycles. The largest absolute Gasteiger partial charge is 0.462 e. The van der Waals surface area contributed by atoms with Crippen molar-refractivity contribution in [2.24, 2.45) is 28.6 Å². The first-order valence-electron chi connectivity index (χ1n) is 9.81. The van der Waals surface area contributed by atoms with Gasteiger partial charge in [-0.25, -0.2) is 4.79 Å². The Hall–Kier alpha value is -0.910. The zero-order valence-corrected chi connectivity index (χ0v) is 15.0. The summed E-state index contributed by atoms with van der Waals surface area (Å²) in [6.07, 6.45) is 6.52. The van der Waals surface area contributed by atoms with Crippen LogP contribution in [0.4, 0.5) is 0 Å². The van der Waals surface area contributed by atoms with Crippen molar-refractivity contribution in [1.29, 1.82) is 0 Å². The van der Waals surface area contributed by atoms with Gasteiger partial charge in [0.05, 0.1) is 19.3 Å². The lowest BCUT2D eigenvalue weighted by molar-refractivity contribution is -0.243. The molecule has 5 nitrogen and oxygen atoms in total. The number of hydrogen-bond donors (Lipinski definition) is 0. The predicted octanol–water partition coefficient (Wildman–Crippen LogP) is 2.44. The van der Waals surface area contributed by atoms with Crippen molar-refractivity contribution >= 4 is 5.97 Å². The average Bonchev–Trinajstić information content (AvgIpc) is 3.13. The number of fused-ring (bicyclic) bond motifs is 9. The van der Waals surface area contributed by atoms with Gasteiger partial charge in [-0.3, -0.25) is 0 Å². The van der Waals surface area contributed by atoms with Gasteiger partial charge in [-0.05, 0) is 42.6 Å². The Morgan fingerprint density at radius 1 is 1.08 bits per heavy atom. The van der Waals surface area contributed by atoms with Gasteiger partial charge < -0.3 is 18.9 Å². The molecule has 25 heavy (non-hydrogen) atoms. The molecule has 5 fully saturated rings. The highest BCUT2D eigenvalue weighted by Gasteiger charge is 2.73. The minimum atomic E-state index is -0.372. The first-order valence-corrected chi connectivity index (χ1v) is 9.81. The molecule has 0 aromatic heterocycles. The Kier molecular flexibility index (Phi) is 2.73. The van der Waals surface area contributed by atoms with Crippen molar-refractivity contribution < 1.29 is 23.7 Å². The number of rotatable bonds is 0. The maximum Gasteiger partial charge on any atom is 0.330 e. The fraction of sp³-hybridized carbons (Fsp3) is 0.850. The number of carbonyl (C=O) groups excluding carboxylic acids is 1. The molecule has 7 atom stereocenters. The number of cyclic esters (lactones) is 1. The lowest BCUT2D eigenvalue weighted by atomic mass is 9.48.